The Morgan fingerprint density at radius 3 is 2.13 bits per heavy atom. The van der Waals surface area contributed by atoms with Crippen molar-refractivity contribution < 1.29 is 19.8 Å². The molecule has 0 spiro atoms. The van der Waals surface area contributed by atoms with Crippen LogP contribution in [0.1, 0.15) is 13.3 Å². The third kappa shape index (κ3) is 5.50. The molecule has 2 unspecified atom stereocenters. The van der Waals surface area contributed by atoms with Gasteiger partial charge in [0.2, 0.25) is 0 Å². The SMILES string of the molecule is CC(CC(CN=C(N)N)C(=O)O)C(=O)O. The number of aliphatic imine (C=N–C) groups is 1. The Balaban J connectivity index is 4.35. The topological polar surface area (TPSA) is 139 Å². The van der Waals surface area contributed by atoms with Gasteiger partial charge in [0.25, 0.3) is 0 Å². The summed E-state index contributed by atoms with van der Waals surface area (Å²) in [6.07, 6.45) is 0.00144. The van der Waals surface area contributed by atoms with Gasteiger partial charge in [-0.3, -0.25) is 14.6 Å². The molecular formula is C8H15N3O4. The Bertz CT molecular complexity index is 273. The van der Waals surface area contributed by atoms with Gasteiger partial charge in [0.15, 0.2) is 5.96 Å². The second-order valence-electron chi connectivity index (χ2n) is 3.28. The lowest BCUT2D eigenvalue weighted by Crippen LogP contribution is -2.27. The first-order valence-corrected chi connectivity index (χ1v) is 4.35. The lowest BCUT2D eigenvalue weighted by Gasteiger charge is -2.12. The van der Waals surface area contributed by atoms with Crippen LogP contribution in [0.25, 0.3) is 0 Å². The van der Waals surface area contributed by atoms with Gasteiger partial charge in [-0.05, 0) is 6.42 Å². The molecular weight excluding hydrogens is 202 g/mol. The Morgan fingerprint density at radius 2 is 1.80 bits per heavy atom. The average Bonchev–Trinajstić information content (AvgIpc) is 2.10. The summed E-state index contributed by atoms with van der Waals surface area (Å²) in [7, 11) is 0. The van der Waals surface area contributed by atoms with Crippen molar-refractivity contribution in [2.75, 3.05) is 6.54 Å². The van der Waals surface area contributed by atoms with Crippen molar-refractivity contribution >= 4 is 17.9 Å². The number of hydrogen-bond acceptors (Lipinski definition) is 3. The predicted octanol–water partition coefficient (Wildman–Crippen LogP) is -0.929. The van der Waals surface area contributed by atoms with Crippen molar-refractivity contribution in [1.29, 1.82) is 0 Å². The van der Waals surface area contributed by atoms with Crippen LogP contribution in [0.15, 0.2) is 4.99 Å². The minimum absolute atomic E-state index is 0.00144. The molecule has 0 aromatic rings. The van der Waals surface area contributed by atoms with Crippen LogP contribution in [0, 0.1) is 11.8 Å². The first-order chi connectivity index (χ1) is 6.84. The van der Waals surface area contributed by atoms with E-state index in [2.05, 4.69) is 4.99 Å². The molecule has 0 aromatic carbocycles. The number of guanidine groups is 1. The molecule has 0 aliphatic carbocycles. The summed E-state index contributed by atoms with van der Waals surface area (Å²) < 4.78 is 0. The van der Waals surface area contributed by atoms with Gasteiger partial charge >= 0.3 is 11.9 Å². The summed E-state index contributed by atoms with van der Waals surface area (Å²) in [6.45, 7) is 1.34. The number of carboxylic acids is 2. The molecule has 15 heavy (non-hydrogen) atoms. The highest BCUT2D eigenvalue weighted by Crippen LogP contribution is 2.13. The molecule has 0 heterocycles. The second kappa shape index (κ2) is 5.84. The highest BCUT2D eigenvalue weighted by Gasteiger charge is 2.23. The maximum atomic E-state index is 10.7. The van der Waals surface area contributed by atoms with E-state index in [0.29, 0.717) is 0 Å². The number of rotatable bonds is 6. The first kappa shape index (κ1) is 13.2. The van der Waals surface area contributed by atoms with Gasteiger partial charge in [0, 0.05) is 0 Å². The Labute approximate surface area is 86.8 Å². The van der Waals surface area contributed by atoms with Crippen LogP contribution in [-0.2, 0) is 9.59 Å². The van der Waals surface area contributed by atoms with Crippen LogP contribution in [-0.4, -0.2) is 34.7 Å². The molecule has 2 atom stereocenters. The van der Waals surface area contributed by atoms with E-state index in [-0.39, 0.29) is 18.9 Å². The van der Waals surface area contributed by atoms with Crippen molar-refractivity contribution in [3.05, 3.63) is 0 Å². The van der Waals surface area contributed by atoms with Crippen LogP contribution in [0.3, 0.4) is 0 Å². The van der Waals surface area contributed by atoms with Gasteiger partial charge in [-0.15, -0.1) is 0 Å². The summed E-state index contributed by atoms with van der Waals surface area (Å²) in [6, 6.07) is 0. The zero-order valence-corrected chi connectivity index (χ0v) is 8.38. The number of aliphatic carboxylic acids is 2. The zero-order chi connectivity index (χ0) is 12.0. The highest BCUT2D eigenvalue weighted by atomic mass is 16.4. The normalized spacial score (nSPS) is 13.9. The number of carbonyl (C=O) groups is 2. The fraction of sp³-hybridized carbons (Fsp3) is 0.625. The lowest BCUT2D eigenvalue weighted by atomic mass is 9.96. The van der Waals surface area contributed by atoms with E-state index in [4.69, 9.17) is 21.7 Å². The molecule has 0 aliphatic rings. The van der Waals surface area contributed by atoms with Gasteiger partial charge in [-0.25, -0.2) is 0 Å². The molecule has 0 radical (unpaired) electrons. The van der Waals surface area contributed by atoms with Gasteiger partial charge < -0.3 is 21.7 Å². The van der Waals surface area contributed by atoms with Crippen molar-refractivity contribution in [1.82, 2.24) is 0 Å². The third-order valence-corrected chi connectivity index (χ3v) is 1.90. The Morgan fingerprint density at radius 1 is 1.27 bits per heavy atom. The predicted molar refractivity (Wildman–Crippen MR) is 53.2 cm³/mol. The van der Waals surface area contributed by atoms with Crippen molar-refractivity contribution in [2.24, 2.45) is 28.3 Å². The van der Waals surface area contributed by atoms with Crippen LogP contribution in [0.2, 0.25) is 0 Å². The summed E-state index contributed by atoms with van der Waals surface area (Å²) in [5, 5.41) is 17.4. The molecule has 86 valence electrons. The molecule has 0 aromatic heterocycles. The number of carboxylic acid groups (broad SMARTS) is 2. The molecule has 0 rings (SSSR count). The van der Waals surface area contributed by atoms with Gasteiger partial charge in [0.1, 0.15) is 0 Å². The van der Waals surface area contributed by atoms with Crippen LogP contribution < -0.4 is 11.5 Å². The largest absolute Gasteiger partial charge is 0.481 e. The third-order valence-electron chi connectivity index (χ3n) is 1.90. The molecule has 0 bridgehead atoms. The van der Waals surface area contributed by atoms with E-state index in [1.807, 2.05) is 0 Å². The zero-order valence-electron chi connectivity index (χ0n) is 8.38. The van der Waals surface area contributed by atoms with Gasteiger partial charge in [0.05, 0.1) is 18.4 Å². The van der Waals surface area contributed by atoms with E-state index < -0.39 is 23.8 Å². The van der Waals surface area contributed by atoms with E-state index in [0.717, 1.165) is 0 Å². The fourth-order valence-corrected chi connectivity index (χ4v) is 0.997. The smallest absolute Gasteiger partial charge is 0.308 e. The number of nitrogens with two attached hydrogens (primary N) is 2. The van der Waals surface area contributed by atoms with Crippen LogP contribution >= 0.6 is 0 Å². The van der Waals surface area contributed by atoms with Crippen molar-refractivity contribution in [3.8, 4) is 0 Å². The number of hydrogen-bond donors (Lipinski definition) is 4. The van der Waals surface area contributed by atoms with Crippen molar-refractivity contribution in [3.63, 3.8) is 0 Å². The van der Waals surface area contributed by atoms with E-state index in [1.165, 1.54) is 6.92 Å². The average molecular weight is 217 g/mol. The quantitative estimate of drug-likeness (QED) is 0.335. The summed E-state index contributed by atoms with van der Waals surface area (Å²) >= 11 is 0. The monoisotopic (exact) mass is 217 g/mol. The van der Waals surface area contributed by atoms with Gasteiger partial charge in [-0.2, -0.15) is 0 Å². The minimum Gasteiger partial charge on any atom is -0.481 e. The molecule has 0 saturated heterocycles. The highest BCUT2D eigenvalue weighted by molar-refractivity contribution is 5.77. The molecule has 7 heteroatoms. The molecule has 0 amide bonds. The molecule has 0 aliphatic heterocycles. The maximum absolute atomic E-state index is 10.7. The Hall–Kier alpha value is -1.79. The molecule has 0 fully saturated rings. The summed E-state index contributed by atoms with van der Waals surface area (Å²) in [5.41, 5.74) is 10.1. The Kier molecular flexibility index (Phi) is 5.14. The van der Waals surface area contributed by atoms with E-state index >= 15 is 0 Å². The van der Waals surface area contributed by atoms with Gasteiger partial charge in [-0.1, -0.05) is 6.92 Å². The standard InChI is InChI=1S/C8H15N3O4/c1-4(6(12)13)2-5(7(14)15)3-11-8(9)10/h4-5H,2-3H2,1H3,(H,12,13)(H,14,15)(H4,9,10,11). The minimum atomic E-state index is -1.10. The maximum Gasteiger partial charge on any atom is 0.308 e. The van der Waals surface area contributed by atoms with Crippen molar-refractivity contribution in [2.45, 2.75) is 13.3 Å². The first-order valence-electron chi connectivity index (χ1n) is 4.35. The van der Waals surface area contributed by atoms with E-state index in [9.17, 15) is 9.59 Å². The summed E-state index contributed by atoms with van der Waals surface area (Å²) in [4.78, 5) is 24.8. The number of nitrogens with zero attached hydrogens (tertiary/aromatic N) is 1. The second-order valence-corrected chi connectivity index (χ2v) is 3.28. The van der Waals surface area contributed by atoms with Crippen LogP contribution in [0.5, 0.6) is 0 Å². The lowest BCUT2D eigenvalue weighted by molar-refractivity contribution is -0.144. The summed E-state index contributed by atoms with van der Waals surface area (Å²) in [5.74, 6) is -3.96. The molecule has 7 nitrogen and oxygen atoms in total. The van der Waals surface area contributed by atoms with E-state index in [1.54, 1.807) is 0 Å². The van der Waals surface area contributed by atoms with Crippen LogP contribution in [0.4, 0.5) is 0 Å². The molecule has 6 N–H and O–H groups in total. The molecule has 0 saturated carbocycles. The fourth-order valence-electron chi connectivity index (χ4n) is 0.997.